The van der Waals surface area contributed by atoms with E-state index in [9.17, 15) is 4.79 Å². The molecule has 20 heavy (non-hydrogen) atoms. The predicted molar refractivity (Wildman–Crippen MR) is 81.8 cm³/mol. The highest BCUT2D eigenvalue weighted by Gasteiger charge is 2.07. The molecule has 0 fully saturated rings. The molecule has 0 spiro atoms. The number of nitrogens with zero attached hydrogens (tertiary/aromatic N) is 2. The maximum atomic E-state index is 12.1. The summed E-state index contributed by atoms with van der Waals surface area (Å²) in [6, 6.07) is 16.0. The molecular formula is C17H16N2O. The highest BCUT2D eigenvalue weighted by molar-refractivity contribution is 5.96. The highest BCUT2D eigenvalue weighted by atomic mass is 16.1. The molecule has 0 unspecified atom stereocenters. The van der Waals surface area contributed by atoms with E-state index in [0.29, 0.717) is 0 Å². The number of hydrogen-bond donors (Lipinski definition) is 0. The number of rotatable bonds is 2. The molecule has 3 heteroatoms. The van der Waals surface area contributed by atoms with Crippen LogP contribution in [0.25, 0.3) is 21.9 Å². The monoisotopic (exact) mass is 264 g/mol. The molecule has 0 atom stereocenters. The van der Waals surface area contributed by atoms with Crippen LogP contribution in [0.1, 0.15) is 19.9 Å². The average molecular weight is 264 g/mol. The van der Waals surface area contributed by atoms with Crippen LogP contribution in [0, 0.1) is 0 Å². The normalized spacial score (nSPS) is 11.2. The Labute approximate surface area is 117 Å². The maximum Gasteiger partial charge on any atom is 0.267 e. The zero-order chi connectivity index (χ0) is 14.1. The number of aromatic nitrogens is 2. The van der Waals surface area contributed by atoms with Crippen LogP contribution in [-0.4, -0.2) is 9.78 Å². The Kier molecular flexibility index (Phi) is 3.11. The van der Waals surface area contributed by atoms with Gasteiger partial charge in [0.05, 0.1) is 12.2 Å². The first-order chi connectivity index (χ1) is 9.66. The Balaban J connectivity index is 2.21. The molecule has 0 saturated carbocycles. The fourth-order valence-electron chi connectivity index (χ4n) is 2.43. The van der Waals surface area contributed by atoms with Crippen LogP contribution < -0.4 is 5.56 Å². The molecule has 1 aromatic heterocycles. The molecule has 0 N–H and O–H groups in total. The average Bonchev–Trinajstić information content (AvgIpc) is 2.46. The predicted octanol–water partition coefficient (Wildman–Crippen LogP) is 3.64. The zero-order valence-electron chi connectivity index (χ0n) is 11.6. The second-order valence-electron chi connectivity index (χ2n) is 5.15. The minimum absolute atomic E-state index is 0.0644. The van der Waals surface area contributed by atoms with E-state index in [1.165, 1.54) is 4.68 Å². The summed E-state index contributed by atoms with van der Waals surface area (Å²) in [4.78, 5) is 12.1. The Morgan fingerprint density at radius 3 is 2.55 bits per heavy atom. The highest BCUT2D eigenvalue weighted by Crippen LogP contribution is 2.27. The Morgan fingerprint density at radius 1 is 1.05 bits per heavy atom. The van der Waals surface area contributed by atoms with Crippen molar-refractivity contribution in [3.8, 4) is 11.1 Å². The molecular weight excluding hydrogens is 248 g/mol. The van der Waals surface area contributed by atoms with E-state index >= 15 is 0 Å². The van der Waals surface area contributed by atoms with Gasteiger partial charge in [-0.2, -0.15) is 5.10 Å². The van der Waals surface area contributed by atoms with Gasteiger partial charge in [-0.25, -0.2) is 4.68 Å². The van der Waals surface area contributed by atoms with Crippen LogP contribution in [0.3, 0.4) is 0 Å². The molecule has 0 saturated heterocycles. The van der Waals surface area contributed by atoms with Gasteiger partial charge in [0.2, 0.25) is 0 Å². The van der Waals surface area contributed by atoms with Crippen molar-refractivity contribution in [2.45, 2.75) is 19.9 Å². The first-order valence-corrected chi connectivity index (χ1v) is 6.74. The summed E-state index contributed by atoms with van der Waals surface area (Å²) in [5.41, 5.74) is 1.85. The number of fused-ring (bicyclic) bond motifs is 1. The summed E-state index contributed by atoms with van der Waals surface area (Å²) in [5.74, 6) is 0. The maximum absolute atomic E-state index is 12.1. The van der Waals surface area contributed by atoms with Crippen molar-refractivity contribution in [3.63, 3.8) is 0 Å². The van der Waals surface area contributed by atoms with E-state index < -0.39 is 0 Å². The van der Waals surface area contributed by atoms with E-state index in [-0.39, 0.29) is 11.6 Å². The molecule has 3 rings (SSSR count). The standard InChI is InChI=1S/C17H16N2O/c1-12(2)19-17(20)10-14(11-18-19)16-9-5-7-13-6-3-4-8-15(13)16/h3-12H,1-2H3. The van der Waals surface area contributed by atoms with Gasteiger partial charge < -0.3 is 0 Å². The van der Waals surface area contributed by atoms with Gasteiger partial charge in [-0.1, -0.05) is 42.5 Å². The second-order valence-corrected chi connectivity index (χ2v) is 5.15. The van der Waals surface area contributed by atoms with Gasteiger partial charge in [0.15, 0.2) is 0 Å². The van der Waals surface area contributed by atoms with Crippen molar-refractivity contribution in [1.29, 1.82) is 0 Å². The number of hydrogen-bond acceptors (Lipinski definition) is 2. The molecule has 0 aliphatic heterocycles. The summed E-state index contributed by atoms with van der Waals surface area (Å²) in [5, 5.41) is 6.57. The van der Waals surface area contributed by atoms with E-state index in [0.717, 1.165) is 21.9 Å². The molecule has 3 nitrogen and oxygen atoms in total. The van der Waals surface area contributed by atoms with Gasteiger partial charge in [-0.15, -0.1) is 0 Å². The quantitative estimate of drug-likeness (QED) is 0.708. The number of benzene rings is 2. The second kappa shape index (κ2) is 4.93. The third-order valence-electron chi connectivity index (χ3n) is 3.42. The minimum Gasteiger partial charge on any atom is -0.268 e. The lowest BCUT2D eigenvalue weighted by Gasteiger charge is -2.10. The third-order valence-corrected chi connectivity index (χ3v) is 3.42. The van der Waals surface area contributed by atoms with Crippen molar-refractivity contribution < 1.29 is 0 Å². The van der Waals surface area contributed by atoms with E-state index in [1.807, 2.05) is 38.1 Å². The topological polar surface area (TPSA) is 34.9 Å². The fraction of sp³-hybridized carbons (Fsp3) is 0.176. The third kappa shape index (κ3) is 2.11. The SMILES string of the molecule is CC(C)n1ncc(-c2cccc3ccccc23)cc1=O. The Hall–Kier alpha value is -2.42. The first kappa shape index (κ1) is 12.6. The molecule has 100 valence electrons. The molecule has 3 aromatic rings. The van der Waals surface area contributed by atoms with Gasteiger partial charge in [0.1, 0.15) is 0 Å². The van der Waals surface area contributed by atoms with E-state index in [2.05, 4.69) is 23.3 Å². The lowest BCUT2D eigenvalue weighted by atomic mass is 10.00. The fourth-order valence-corrected chi connectivity index (χ4v) is 2.43. The van der Waals surface area contributed by atoms with Gasteiger partial charge in [0.25, 0.3) is 5.56 Å². The van der Waals surface area contributed by atoms with E-state index in [1.54, 1.807) is 12.3 Å². The molecule has 0 amide bonds. The van der Waals surface area contributed by atoms with Crippen LogP contribution in [0.5, 0.6) is 0 Å². The van der Waals surface area contributed by atoms with Gasteiger partial charge in [-0.05, 0) is 30.2 Å². The summed E-state index contributed by atoms with van der Waals surface area (Å²) >= 11 is 0. The minimum atomic E-state index is -0.0644. The largest absolute Gasteiger partial charge is 0.268 e. The first-order valence-electron chi connectivity index (χ1n) is 6.74. The van der Waals surface area contributed by atoms with E-state index in [4.69, 9.17) is 0 Å². The molecule has 0 bridgehead atoms. The lowest BCUT2D eigenvalue weighted by Crippen LogP contribution is -2.23. The van der Waals surface area contributed by atoms with Crippen molar-refractivity contribution in [1.82, 2.24) is 9.78 Å². The summed E-state index contributed by atoms with van der Waals surface area (Å²) in [7, 11) is 0. The zero-order valence-corrected chi connectivity index (χ0v) is 11.6. The Bertz CT molecular complexity index is 813. The van der Waals surface area contributed by atoms with Crippen LogP contribution in [0.2, 0.25) is 0 Å². The molecule has 2 aromatic carbocycles. The van der Waals surface area contributed by atoms with Crippen molar-refractivity contribution in [2.75, 3.05) is 0 Å². The van der Waals surface area contributed by atoms with Crippen molar-refractivity contribution >= 4 is 10.8 Å². The van der Waals surface area contributed by atoms with Crippen LogP contribution in [0.4, 0.5) is 0 Å². The molecule has 1 heterocycles. The Morgan fingerprint density at radius 2 is 1.80 bits per heavy atom. The summed E-state index contributed by atoms with van der Waals surface area (Å²) in [6.45, 7) is 3.90. The smallest absolute Gasteiger partial charge is 0.267 e. The van der Waals surface area contributed by atoms with Crippen LogP contribution in [-0.2, 0) is 0 Å². The molecule has 0 radical (unpaired) electrons. The lowest BCUT2D eigenvalue weighted by molar-refractivity contribution is 0.503. The van der Waals surface area contributed by atoms with Crippen LogP contribution in [0.15, 0.2) is 59.5 Å². The summed E-state index contributed by atoms with van der Waals surface area (Å²) in [6.07, 6.45) is 1.77. The molecule has 0 aliphatic carbocycles. The summed E-state index contributed by atoms with van der Waals surface area (Å²) < 4.78 is 1.49. The van der Waals surface area contributed by atoms with Gasteiger partial charge >= 0.3 is 0 Å². The molecule has 0 aliphatic rings. The van der Waals surface area contributed by atoms with Crippen molar-refractivity contribution in [2.24, 2.45) is 0 Å². The van der Waals surface area contributed by atoms with Crippen molar-refractivity contribution in [3.05, 3.63) is 65.1 Å². The van der Waals surface area contributed by atoms with Crippen LogP contribution >= 0.6 is 0 Å². The van der Waals surface area contributed by atoms with Gasteiger partial charge in [-0.3, -0.25) is 4.79 Å². The van der Waals surface area contributed by atoms with Gasteiger partial charge in [0, 0.05) is 11.6 Å².